The highest BCUT2D eigenvalue weighted by Crippen LogP contribution is 2.09. The molecule has 5 heteroatoms. The molecule has 0 aromatic carbocycles. The summed E-state index contributed by atoms with van der Waals surface area (Å²) in [4.78, 5) is 24.4. The topological polar surface area (TPSA) is 72.6 Å². The van der Waals surface area contributed by atoms with E-state index in [0.29, 0.717) is 25.9 Å². The van der Waals surface area contributed by atoms with Crippen LogP contribution in [0.1, 0.15) is 32.6 Å². The van der Waals surface area contributed by atoms with E-state index in [4.69, 9.17) is 5.73 Å². The minimum Gasteiger partial charge on any atom is -0.469 e. The van der Waals surface area contributed by atoms with Crippen LogP contribution in [0.3, 0.4) is 0 Å². The molecule has 100 valence electrons. The van der Waals surface area contributed by atoms with Gasteiger partial charge in [0, 0.05) is 25.9 Å². The van der Waals surface area contributed by atoms with Gasteiger partial charge in [0.1, 0.15) is 0 Å². The number of amides is 1. The van der Waals surface area contributed by atoms with Gasteiger partial charge in [0.25, 0.3) is 0 Å². The molecule has 1 amide bonds. The highest BCUT2D eigenvalue weighted by Gasteiger charge is 2.16. The smallest absolute Gasteiger partial charge is 0.305 e. The largest absolute Gasteiger partial charge is 0.469 e. The van der Waals surface area contributed by atoms with E-state index in [1.165, 1.54) is 7.11 Å². The highest BCUT2D eigenvalue weighted by atomic mass is 16.5. The first-order valence-corrected chi connectivity index (χ1v) is 6.04. The zero-order valence-electron chi connectivity index (χ0n) is 11.1. The number of nitrogens with zero attached hydrogens (tertiary/aromatic N) is 1. The summed E-state index contributed by atoms with van der Waals surface area (Å²) in [7, 11) is 3.13. The Hall–Kier alpha value is -1.10. The number of methoxy groups -OCH3 is 1. The van der Waals surface area contributed by atoms with Gasteiger partial charge in [-0.2, -0.15) is 0 Å². The lowest BCUT2D eigenvalue weighted by Crippen LogP contribution is -2.33. The number of rotatable bonds is 8. The van der Waals surface area contributed by atoms with Crippen LogP contribution in [0, 0.1) is 5.92 Å². The van der Waals surface area contributed by atoms with Crippen molar-refractivity contribution < 1.29 is 14.3 Å². The third-order valence-electron chi connectivity index (χ3n) is 2.74. The van der Waals surface area contributed by atoms with Crippen molar-refractivity contribution in [2.75, 3.05) is 27.2 Å². The van der Waals surface area contributed by atoms with Gasteiger partial charge in [-0.25, -0.2) is 0 Å². The van der Waals surface area contributed by atoms with E-state index in [1.54, 1.807) is 11.9 Å². The number of nitrogens with two attached hydrogens (primary N) is 1. The second kappa shape index (κ2) is 8.98. The first-order valence-electron chi connectivity index (χ1n) is 6.04. The average Bonchev–Trinajstić information content (AvgIpc) is 2.34. The van der Waals surface area contributed by atoms with Crippen LogP contribution in [0.4, 0.5) is 0 Å². The van der Waals surface area contributed by atoms with Crippen molar-refractivity contribution in [3.05, 3.63) is 0 Å². The molecule has 0 aromatic heterocycles. The molecule has 0 spiro atoms. The van der Waals surface area contributed by atoms with E-state index in [-0.39, 0.29) is 17.8 Å². The van der Waals surface area contributed by atoms with Crippen LogP contribution in [0.25, 0.3) is 0 Å². The summed E-state index contributed by atoms with van der Waals surface area (Å²) in [6.45, 7) is 3.11. The van der Waals surface area contributed by atoms with E-state index in [9.17, 15) is 9.59 Å². The number of esters is 1. The van der Waals surface area contributed by atoms with Crippen LogP contribution in [0.5, 0.6) is 0 Å². The van der Waals surface area contributed by atoms with Crippen molar-refractivity contribution in [3.63, 3.8) is 0 Å². The molecule has 0 radical (unpaired) electrons. The number of hydrogen-bond donors (Lipinski definition) is 1. The fraction of sp³-hybridized carbons (Fsp3) is 0.833. The number of carbonyl (C=O) groups excluding carboxylic acids is 2. The lowest BCUT2D eigenvalue weighted by atomic mass is 10.0. The van der Waals surface area contributed by atoms with E-state index in [2.05, 4.69) is 4.74 Å². The van der Waals surface area contributed by atoms with Gasteiger partial charge in [-0.15, -0.1) is 0 Å². The maximum Gasteiger partial charge on any atom is 0.305 e. The molecule has 1 atom stereocenters. The molecule has 0 aliphatic heterocycles. The summed E-state index contributed by atoms with van der Waals surface area (Å²) in [5.41, 5.74) is 5.41. The van der Waals surface area contributed by atoms with Gasteiger partial charge < -0.3 is 15.4 Å². The molecule has 0 bridgehead atoms. The minimum atomic E-state index is -0.234. The minimum absolute atomic E-state index is 0.00155. The van der Waals surface area contributed by atoms with E-state index < -0.39 is 0 Å². The predicted molar refractivity (Wildman–Crippen MR) is 66.3 cm³/mol. The van der Waals surface area contributed by atoms with Crippen molar-refractivity contribution >= 4 is 11.9 Å². The van der Waals surface area contributed by atoms with Gasteiger partial charge >= 0.3 is 5.97 Å². The van der Waals surface area contributed by atoms with Crippen LogP contribution < -0.4 is 5.73 Å². The Morgan fingerprint density at radius 2 is 2.00 bits per heavy atom. The Morgan fingerprint density at radius 1 is 1.35 bits per heavy atom. The molecular formula is C12H24N2O3. The third kappa shape index (κ3) is 6.94. The number of ether oxygens (including phenoxy) is 1. The average molecular weight is 244 g/mol. The summed E-state index contributed by atoms with van der Waals surface area (Å²) in [5, 5.41) is 0. The van der Waals surface area contributed by atoms with E-state index in [0.717, 1.165) is 12.8 Å². The number of hydrogen-bond acceptors (Lipinski definition) is 4. The fourth-order valence-electron chi connectivity index (χ4n) is 1.60. The molecule has 0 fully saturated rings. The summed E-state index contributed by atoms with van der Waals surface area (Å²) in [6, 6.07) is 0. The summed E-state index contributed by atoms with van der Waals surface area (Å²) < 4.78 is 4.54. The Morgan fingerprint density at radius 3 is 2.53 bits per heavy atom. The molecule has 0 aliphatic rings. The Kier molecular flexibility index (Phi) is 8.40. The summed E-state index contributed by atoms with van der Waals surface area (Å²) >= 11 is 0. The van der Waals surface area contributed by atoms with Gasteiger partial charge in [0.2, 0.25) is 5.91 Å². The number of carbonyl (C=O) groups is 2. The zero-order chi connectivity index (χ0) is 13.3. The van der Waals surface area contributed by atoms with Crippen molar-refractivity contribution in [2.45, 2.75) is 32.6 Å². The van der Waals surface area contributed by atoms with Crippen molar-refractivity contribution in [1.82, 2.24) is 4.90 Å². The second-order valence-electron chi connectivity index (χ2n) is 4.27. The second-order valence-corrected chi connectivity index (χ2v) is 4.27. The van der Waals surface area contributed by atoms with Gasteiger partial charge in [-0.05, 0) is 25.8 Å². The van der Waals surface area contributed by atoms with Gasteiger partial charge in [-0.3, -0.25) is 9.59 Å². The van der Waals surface area contributed by atoms with Gasteiger partial charge in [-0.1, -0.05) is 6.92 Å². The normalized spacial score (nSPS) is 12.0. The van der Waals surface area contributed by atoms with Crippen LogP contribution in [0.2, 0.25) is 0 Å². The van der Waals surface area contributed by atoms with E-state index in [1.807, 2.05) is 6.92 Å². The maximum atomic E-state index is 11.9. The van der Waals surface area contributed by atoms with E-state index >= 15 is 0 Å². The fourth-order valence-corrected chi connectivity index (χ4v) is 1.60. The SMILES string of the molecule is COC(=O)CCCN(C)C(=O)C(C)CCCN. The predicted octanol–water partition coefficient (Wildman–Crippen LogP) is 0.773. The molecular weight excluding hydrogens is 220 g/mol. The highest BCUT2D eigenvalue weighted by molar-refractivity contribution is 5.78. The standard InChI is InChI=1S/C12H24N2O3/c1-10(6-4-8-13)12(16)14(2)9-5-7-11(15)17-3/h10H,4-9,13H2,1-3H3. The lowest BCUT2D eigenvalue weighted by molar-refractivity contribution is -0.141. The van der Waals surface area contributed by atoms with Crippen LogP contribution in [-0.2, 0) is 14.3 Å². The molecule has 17 heavy (non-hydrogen) atoms. The molecule has 0 rings (SSSR count). The summed E-state index contributed by atoms with van der Waals surface area (Å²) in [5.74, 6) is -0.118. The molecule has 0 aliphatic carbocycles. The molecule has 0 heterocycles. The van der Waals surface area contributed by atoms with Crippen LogP contribution >= 0.6 is 0 Å². The molecule has 5 nitrogen and oxygen atoms in total. The summed E-state index contributed by atoms with van der Waals surface area (Å²) in [6.07, 6.45) is 2.67. The molecule has 0 saturated heterocycles. The first-order chi connectivity index (χ1) is 8.02. The molecule has 1 unspecified atom stereocenters. The Labute approximate surface area is 103 Å². The molecule has 2 N–H and O–H groups in total. The maximum absolute atomic E-state index is 11.9. The van der Waals surface area contributed by atoms with Crippen molar-refractivity contribution in [3.8, 4) is 0 Å². The lowest BCUT2D eigenvalue weighted by Gasteiger charge is -2.21. The zero-order valence-corrected chi connectivity index (χ0v) is 11.1. The van der Waals surface area contributed by atoms with Gasteiger partial charge in [0.05, 0.1) is 7.11 Å². The van der Waals surface area contributed by atoms with Crippen LogP contribution in [0.15, 0.2) is 0 Å². The van der Waals surface area contributed by atoms with Crippen LogP contribution in [-0.4, -0.2) is 44.0 Å². The van der Waals surface area contributed by atoms with Crippen molar-refractivity contribution in [2.24, 2.45) is 11.7 Å². The van der Waals surface area contributed by atoms with Crippen molar-refractivity contribution in [1.29, 1.82) is 0 Å². The monoisotopic (exact) mass is 244 g/mol. The Bertz CT molecular complexity index is 244. The molecule has 0 aromatic rings. The first kappa shape index (κ1) is 15.9. The molecule has 0 saturated carbocycles. The quantitative estimate of drug-likeness (QED) is 0.640. The van der Waals surface area contributed by atoms with Gasteiger partial charge in [0.15, 0.2) is 0 Å². The Balaban J connectivity index is 3.84. The third-order valence-corrected chi connectivity index (χ3v) is 2.74.